The van der Waals surface area contributed by atoms with Crippen LogP contribution in [0.5, 0.6) is 5.75 Å². The molecule has 0 spiro atoms. The van der Waals surface area contributed by atoms with Gasteiger partial charge in [0, 0.05) is 30.5 Å². The maximum absolute atomic E-state index is 12.9. The van der Waals surface area contributed by atoms with Crippen molar-refractivity contribution in [1.82, 2.24) is 4.90 Å². The summed E-state index contributed by atoms with van der Waals surface area (Å²) in [7, 11) is 1.60. The second-order valence-electron chi connectivity index (χ2n) is 8.83. The summed E-state index contributed by atoms with van der Waals surface area (Å²) in [5.74, 6) is -0.358. The first-order chi connectivity index (χ1) is 17.0. The maximum atomic E-state index is 12.9. The van der Waals surface area contributed by atoms with Crippen LogP contribution in [0.2, 0.25) is 0 Å². The third-order valence-electron chi connectivity index (χ3n) is 6.45. The monoisotopic (exact) mass is 471 g/mol. The molecule has 3 aromatic rings. The van der Waals surface area contributed by atoms with E-state index in [0.29, 0.717) is 31.4 Å². The van der Waals surface area contributed by atoms with Crippen molar-refractivity contribution in [3.8, 4) is 16.9 Å². The number of hydrogen-bond donors (Lipinski definition) is 1. The average molecular weight is 472 g/mol. The minimum Gasteiger partial charge on any atom is -0.496 e. The molecule has 3 aromatic carbocycles. The van der Waals surface area contributed by atoms with Crippen LogP contribution in [0, 0.1) is 0 Å². The number of carbonyl (C=O) groups is 3. The Bertz CT molecular complexity index is 1200. The van der Waals surface area contributed by atoms with E-state index in [0.717, 1.165) is 40.8 Å². The van der Waals surface area contributed by atoms with Gasteiger partial charge in [0.25, 0.3) is 5.91 Å². The van der Waals surface area contributed by atoms with E-state index in [9.17, 15) is 19.5 Å². The summed E-state index contributed by atoms with van der Waals surface area (Å²) in [4.78, 5) is 38.5. The molecule has 0 aliphatic carbocycles. The summed E-state index contributed by atoms with van der Waals surface area (Å²) in [6.45, 7) is 0.467. The molecule has 0 unspecified atom stereocenters. The lowest BCUT2D eigenvalue weighted by molar-refractivity contribution is -0.143. The van der Waals surface area contributed by atoms with Crippen LogP contribution in [0.3, 0.4) is 0 Å². The molecule has 0 aromatic heterocycles. The zero-order valence-corrected chi connectivity index (χ0v) is 19.8. The highest BCUT2D eigenvalue weighted by atomic mass is 16.5. The molecule has 6 nitrogen and oxygen atoms in total. The van der Waals surface area contributed by atoms with Gasteiger partial charge in [0.2, 0.25) is 0 Å². The second kappa shape index (κ2) is 11.0. The van der Waals surface area contributed by atoms with Crippen molar-refractivity contribution in [2.45, 2.75) is 38.1 Å². The van der Waals surface area contributed by atoms with Crippen molar-refractivity contribution in [2.24, 2.45) is 0 Å². The lowest BCUT2D eigenvalue weighted by Gasteiger charge is -2.33. The summed E-state index contributed by atoms with van der Waals surface area (Å²) in [6, 6.07) is 21.8. The second-order valence-corrected chi connectivity index (χ2v) is 8.83. The zero-order valence-electron chi connectivity index (χ0n) is 19.8. The van der Waals surface area contributed by atoms with Crippen molar-refractivity contribution in [3.63, 3.8) is 0 Å². The van der Waals surface area contributed by atoms with Gasteiger partial charge < -0.3 is 14.7 Å². The lowest BCUT2D eigenvalue weighted by Crippen LogP contribution is -2.47. The minimum absolute atomic E-state index is 0.113. The standard InChI is InChI=1S/C29H29NO5/c1-35-27-8-3-2-6-24(27)19-25(31)18-20-9-11-21(12-10-20)22-13-15-23(16-14-22)28(32)30-17-5-4-7-26(30)29(33)34/h2-3,6,8-16,26H,4-5,7,17-19H2,1H3,(H,33,34)/t26-/m0/s1. The molecule has 4 rings (SSSR count). The number of hydrogen-bond acceptors (Lipinski definition) is 4. The SMILES string of the molecule is COc1ccccc1CC(=O)Cc1ccc(-c2ccc(C(=O)N3CCCC[C@H]3C(=O)O)cc2)cc1. The quantitative estimate of drug-likeness (QED) is 0.510. The van der Waals surface area contributed by atoms with E-state index in [-0.39, 0.29) is 11.7 Å². The first kappa shape index (κ1) is 24.2. The maximum Gasteiger partial charge on any atom is 0.326 e. The van der Waals surface area contributed by atoms with Gasteiger partial charge in [-0.05, 0) is 54.2 Å². The van der Waals surface area contributed by atoms with Crippen molar-refractivity contribution in [1.29, 1.82) is 0 Å². The number of methoxy groups -OCH3 is 1. The first-order valence-corrected chi connectivity index (χ1v) is 11.8. The highest BCUT2D eigenvalue weighted by molar-refractivity contribution is 5.97. The average Bonchev–Trinajstić information content (AvgIpc) is 2.89. The Hall–Kier alpha value is -3.93. The van der Waals surface area contributed by atoms with Crippen LogP contribution in [-0.2, 0) is 22.4 Å². The molecule has 0 bridgehead atoms. The molecule has 1 aliphatic heterocycles. The number of carboxylic acids is 1. The molecule has 6 heteroatoms. The van der Waals surface area contributed by atoms with Gasteiger partial charge in [-0.1, -0.05) is 54.6 Å². The highest BCUT2D eigenvalue weighted by Crippen LogP contribution is 2.24. The molecule has 35 heavy (non-hydrogen) atoms. The number of benzene rings is 3. The molecular formula is C29H29NO5. The summed E-state index contributed by atoms with van der Waals surface area (Å²) >= 11 is 0. The van der Waals surface area contributed by atoms with Crippen LogP contribution in [0.15, 0.2) is 72.8 Å². The van der Waals surface area contributed by atoms with Gasteiger partial charge in [0.1, 0.15) is 17.6 Å². The van der Waals surface area contributed by atoms with Gasteiger partial charge in [0.05, 0.1) is 7.11 Å². The number of nitrogens with zero attached hydrogens (tertiary/aromatic N) is 1. The first-order valence-electron chi connectivity index (χ1n) is 11.8. The Labute approximate surface area is 205 Å². The van der Waals surface area contributed by atoms with Crippen molar-refractivity contribution >= 4 is 17.7 Å². The van der Waals surface area contributed by atoms with E-state index in [1.165, 1.54) is 4.90 Å². The molecule has 0 radical (unpaired) electrons. The van der Waals surface area contributed by atoms with Crippen LogP contribution < -0.4 is 4.74 Å². The molecule has 1 atom stereocenters. The van der Waals surface area contributed by atoms with Crippen LogP contribution >= 0.6 is 0 Å². The number of amides is 1. The van der Waals surface area contributed by atoms with Gasteiger partial charge in [-0.3, -0.25) is 9.59 Å². The predicted molar refractivity (Wildman–Crippen MR) is 134 cm³/mol. The van der Waals surface area contributed by atoms with Crippen LogP contribution in [0.1, 0.15) is 40.7 Å². The Kier molecular flexibility index (Phi) is 7.60. The molecule has 1 N–H and O–H groups in total. The fourth-order valence-corrected chi connectivity index (χ4v) is 4.57. The van der Waals surface area contributed by atoms with Gasteiger partial charge in [-0.25, -0.2) is 4.79 Å². The van der Waals surface area contributed by atoms with E-state index < -0.39 is 12.0 Å². The van der Waals surface area contributed by atoms with Crippen molar-refractivity contribution in [2.75, 3.05) is 13.7 Å². The number of piperidine rings is 1. The number of para-hydroxylation sites is 1. The smallest absolute Gasteiger partial charge is 0.326 e. The van der Waals surface area contributed by atoms with E-state index in [1.54, 1.807) is 19.2 Å². The number of aliphatic carboxylic acids is 1. The number of carboxylic acid groups (broad SMARTS) is 1. The Morgan fingerprint density at radius 1 is 0.886 bits per heavy atom. The fraction of sp³-hybridized carbons (Fsp3) is 0.276. The largest absolute Gasteiger partial charge is 0.496 e. The number of Topliss-reactive ketones (excluding diaryl/α,β-unsaturated/α-hetero) is 1. The van der Waals surface area contributed by atoms with E-state index in [1.807, 2.05) is 60.7 Å². The number of likely N-dealkylation sites (tertiary alicyclic amines) is 1. The number of rotatable bonds is 8. The molecule has 1 amide bonds. The van der Waals surface area contributed by atoms with Crippen LogP contribution in [0.4, 0.5) is 0 Å². The summed E-state index contributed by atoms with van der Waals surface area (Å²) in [5, 5.41) is 9.45. The third kappa shape index (κ3) is 5.77. The van der Waals surface area contributed by atoms with Crippen molar-refractivity contribution < 1.29 is 24.2 Å². The topological polar surface area (TPSA) is 83.9 Å². The van der Waals surface area contributed by atoms with E-state index in [4.69, 9.17) is 4.74 Å². The van der Waals surface area contributed by atoms with E-state index in [2.05, 4.69) is 0 Å². The Morgan fingerprint density at radius 2 is 1.54 bits per heavy atom. The zero-order chi connectivity index (χ0) is 24.8. The Balaban J connectivity index is 1.40. The molecule has 1 aliphatic rings. The van der Waals surface area contributed by atoms with Gasteiger partial charge in [-0.2, -0.15) is 0 Å². The van der Waals surface area contributed by atoms with Crippen LogP contribution in [0.25, 0.3) is 11.1 Å². The molecule has 180 valence electrons. The third-order valence-corrected chi connectivity index (χ3v) is 6.45. The predicted octanol–water partition coefficient (Wildman–Crippen LogP) is 4.80. The van der Waals surface area contributed by atoms with E-state index >= 15 is 0 Å². The number of carbonyl (C=O) groups excluding carboxylic acids is 2. The van der Waals surface area contributed by atoms with Crippen LogP contribution in [-0.4, -0.2) is 47.4 Å². The summed E-state index contributed by atoms with van der Waals surface area (Å²) in [5.41, 5.74) is 4.23. The summed E-state index contributed by atoms with van der Waals surface area (Å²) in [6.07, 6.45) is 2.79. The normalized spacial score (nSPS) is 15.5. The molecule has 1 fully saturated rings. The van der Waals surface area contributed by atoms with Gasteiger partial charge in [0.15, 0.2) is 0 Å². The molecule has 1 saturated heterocycles. The van der Waals surface area contributed by atoms with Gasteiger partial charge >= 0.3 is 5.97 Å². The fourth-order valence-electron chi connectivity index (χ4n) is 4.57. The number of ether oxygens (including phenoxy) is 1. The molecule has 1 heterocycles. The summed E-state index contributed by atoms with van der Waals surface area (Å²) < 4.78 is 5.33. The Morgan fingerprint density at radius 3 is 2.20 bits per heavy atom. The number of ketones is 1. The molecular weight excluding hydrogens is 442 g/mol. The minimum atomic E-state index is -0.948. The van der Waals surface area contributed by atoms with Gasteiger partial charge in [-0.15, -0.1) is 0 Å². The molecule has 0 saturated carbocycles. The lowest BCUT2D eigenvalue weighted by atomic mass is 9.98. The highest BCUT2D eigenvalue weighted by Gasteiger charge is 2.32. The van der Waals surface area contributed by atoms with Crippen molar-refractivity contribution in [3.05, 3.63) is 89.5 Å².